The molecule has 0 aromatic carbocycles. The fourth-order valence-electron chi connectivity index (χ4n) is 4.52. The summed E-state index contributed by atoms with van der Waals surface area (Å²) in [5.41, 5.74) is 1.78. The van der Waals surface area contributed by atoms with Gasteiger partial charge in [0.1, 0.15) is 6.54 Å². The molecule has 1 atom stereocenters. The minimum atomic E-state index is -2.90. The first kappa shape index (κ1) is 19.6. The van der Waals surface area contributed by atoms with E-state index in [1.807, 2.05) is 0 Å². The summed E-state index contributed by atoms with van der Waals surface area (Å²) in [6.07, 6.45) is 5.76. The normalized spacial score (nSPS) is 25.3. The molecule has 0 N–H and O–H groups in total. The Hall–Kier alpha value is -1.74. The Morgan fingerprint density at radius 2 is 1.86 bits per heavy atom. The standard InChI is InChI=1S/C19H28N4O4S/c24-18-12-15-4-2-1-3-5-17(15)20-23(18)13-19(25)22-9-7-21(8-10-22)16-6-11-28(26,27)14-16/h12,16H,1-11,13-14H2/t16-/m1/s1. The highest BCUT2D eigenvalue weighted by Gasteiger charge is 2.34. The van der Waals surface area contributed by atoms with Gasteiger partial charge in [-0.25, -0.2) is 13.1 Å². The molecule has 154 valence electrons. The number of carbonyl (C=O) groups is 1. The average Bonchev–Trinajstić information content (AvgIpc) is 2.89. The number of fused-ring (bicyclic) bond motifs is 1. The first-order chi connectivity index (χ1) is 13.4. The van der Waals surface area contributed by atoms with Crippen molar-refractivity contribution >= 4 is 15.7 Å². The van der Waals surface area contributed by atoms with Gasteiger partial charge in [-0.3, -0.25) is 14.5 Å². The van der Waals surface area contributed by atoms with Crippen LogP contribution in [0.3, 0.4) is 0 Å². The van der Waals surface area contributed by atoms with Gasteiger partial charge in [0.2, 0.25) is 5.91 Å². The van der Waals surface area contributed by atoms with E-state index in [1.165, 1.54) is 4.68 Å². The van der Waals surface area contributed by atoms with Gasteiger partial charge in [-0.05, 0) is 37.7 Å². The van der Waals surface area contributed by atoms with Crippen molar-refractivity contribution in [2.75, 3.05) is 37.7 Å². The Bertz CT molecular complexity index is 903. The summed E-state index contributed by atoms with van der Waals surface area (Å²) >= 11 is 0. The van der Waals surface area contributed by atoms with Crippen LogP contribution >= 0.6 is 0 Å². The summed E-state index contributed by atoms with van der Waals surface area (Å²) in [4.78, 5) is 29.0. The molecule has 0 saturated carbocycles. The Morgan fingerprint density at radius 3 is 2.57 bits per heavy atom. The molecule has 0 bridgehead atoms. The number of hydrogen-bond donors (Lipinski definition) is 0. The van der Waals surface area contributed by atoms with E-state index >= 15 is 0 Å². The van der Waals surface area contributed by atoms with Gasteiger partial charge in [-0.2, -0.15) is 5.10 Å². The van der Waals surface area contributed by atoms with Crippen molar-refractivity contribution in [1.82, 2.24) is 19.6 Å². The molecular formula is C19H28N4O4S. The maximum atomic E-state index is 12.7. The zero-order valence-electron chi connectivity index (χ0n) is 16.2. The van der Waals surface area contributed by atoms with Gasteiger partial charge in [-0.1, -0.05) is 6.42 Å². The van der Waals surface area contributed by atoms with Crippen LogP contribution in [0.2, 0.25) is 0 Å². The van der Waals surface area contributed by atoms with Crippen molar-refractivity contribution in [1.29, 1.82) is 0 Å². The summed E-state index contributed by atoms with van der Waals surface area (Å²) < 4.78 is 24.7. The third-order valence-electron chi connectivity index (χ3n) is 6.20. The predicted molar refractivity (Wildman–Crippen MR) is 105 cm³/mol. The molecule has 2 saturated heterocycles. The van der Waals surface area contributed by atoms with Crippen LogP contribution < -0.4 is 5.56 Å². The Kier molecular flexibility index (Phi) is 5.55. The number of aromatic nitrogens is 2. The third-order valence-corrected chi connectivity index (χ3v) is 7.95. The molecule has 3 heterocycles. The highest BCUT2D eigenvalue weighted by molar-refractivity contribution is 7.91. The fraction of sp³-hybridized carbons (Fsp3) is 0.737. The first-order valence-corrected chi connectivity index (χ1v) is 12.1. The number of piperazine rings is 1. The topological polar surface area (TPSA) is 92.6 Å². The molecule has 0 unspecified atom stereocenters. The SMILES string of the molecule is O=C(Cn1nc2c(cc1=O)CCCCC2)N1CCN([C@@H]2CCS(=O)(=O)C2)CC1. The quantitative estimate of drug-likeness (QED) is 0.646. The van der Waals surface area contributed by atoms with Crippen LogP contribution in [0.4, 0.5) is 0 Å². The predicted octanol–water partition coefficient (Wildman–Crippen LogP) is -0.156. The van der Waals surface area contributed by atoms with Gasteiger partial charge in [-0.15, -0.1) is 0 Å². The van der Waals surface area contributed by atoms with Crippen molar-refractivity contribution in [2.24, 2.45) is 0 Å². The molecule has 4 rings (SSSR count). The second kappa shape index (κ2) is 7.94. The molecule has 28 heavy (non-hydrogen) atoms. The molecule has 1 aromatic heterocycles. The second-order valence-corrected chi connectivity index (χ2v) is 10.4. The van der Waals surface area contributed by atoms with Crippen molar-refractivity contribution in [2.45, 2.75) is 51.1 Å². The monoisotopic (exact) mass is 408 g/mol. The molecule has 3 aliphatic rings. The number of rotatable bonds is 3. The van der Waals surface area contributed by atoms with E-state index < -0.39 is 9.84 Å². The van der Waals surface area contributed by atoms with Crippen molar-refractivity contribution in [3.05, 3.63) is 27.7 Å². The Morgan fingerprint density at radius 1 is 1.11 bits per heavy atom. The molecule has 1 aliphatic carbocycles. The third kappa shape index (κ3) is 4.30. The van der Waals surface area contributed by atoms with E-state index in [0.29, 0.717) is 32.6 Å². The summed E-state index contributed by atoms with van der Waals surface area (Å²) in [6, 6.07) is 1.73. The molecular weight excluding hydrogens is 380 g/mol. The number of amides is 1. The molecule has 2 fully saturated rings. The second-order valence-electron chi connectivity index (χ2n) is 8.15. The first-order valence-electron chi connectivity index (χ1n) is 10.2. The lowest BCUT2D eigenvalue weighted by molar-refractivity contribution is -0.134. The lowest BCUT2D eigenvalue weighted by Crippen LogP contribution is -2.53. The number of aryl methyl sites for hydroxylation is 2. The lowest BCUT2D eigenvalue weighted by atomic mass is 10.1. The molecule has 8 nitrogen and oxygen atoms in total. The minimum absolute atomic E-state index is 0.0239. The van der Waals surface area contributed by atoms with Crippen LogP contribution in [0.5, 0.6) is 0 Å². The van der Waals surface area contributed by atoms with Gasteiger partial charge < -0.3 is 4.90 Å². The maximum Gasteiger partial charge on any atom is 0.267 e. The van der Waals surface area contributed by atoms with Gasteiger partial charge in [0, 0.05) is 38.3 Å². The molecule has 9 heteroatoms. The van der Waals surface area contributed by atoms with E-state index in [9.17, 15) is 18.0 Å². The van der Waals surface area contributed by atoms with E-state index in [2.05, 4.69) is 10.00 Å². The lowest BCUT2D eigenvalue weighted by Gasteiger charge is -2.37. The van der Waals surface area contributed by atoms with Crippen molar-refractivity contribution < 1.29 is 13.2 Å². The number of hydrogen-bond acceptors (Lipinski definition) is 6. The Balaban J connectivity index is 1.36. The van der Waals surface area contributed by atoms with Crippen LogP contribution in [0, 0.1) is 0 Å². The number of sulfone groups is 1. The maximum absolute atomic E-state index is 12.7. The summed E-state index contributed by atoms with van der Waals surface area (Å²) in [7, 11) is -2.90. The fourth-order valence-corrected chi connectivity index (χ4v) is 6.28. The number of carbonyl (C=O) groups excluding carboxylic acids is 1. The van der Waals surface area contributed by atoms with Crippen molar-refractivity contribution in [3.63, 3.8) is 0 Å². The molecule has 0 radical (unpaired) electrons. The van der Waals surface area contributed by atoms with Crippen LogP contribution in [0.25, 0.3) is 0 Å². The van der Waals surface area contributed by atoms with E-state index in [-0.39, 0.29) is 35.6 Å². The highest BCUT2D eigenvalue weighted by atomic mass is 32.2. The average molecular weight is 409 g/mol. The van der Waals surface area contributed by atoms with Crippen LogP contribution in [-0.4, -0.2) is 77.6 Å². The van der Waals surface area contributed by atoms with Gasteiger partial charge in [0.15, 0.2) is 9.84 Å². The van der Waals surface area contributed by atoms with Crippen LogP contribution in [0.1, 0.15) is 36.9 Å². The van der Waals surface area contributed by atoms with Gasteiger partial charge in [0.05, 0.1) is 17.2 Å². The summed E-state index contributed by atoms with van der Waals surface area (Å²) in [6.45, 7) is 2.46. The number of nitrogens with zero attached hydrogens (tertiary/aromatic N) is 4. The van der Waals surface area contributed by atoms with E-state index in [4.69, 9.17) is 0 Å². The van der Waals surface area contributed by atoms with Crippen molar-refractivity contribution in [3.8, 4) is 0 Å². The zero-order valence-corrected chi connectivity index (χ0v) is 17.0. The Labute approximate surface area is 165 Å². The molecule has 0 spiro atoms. The molecule has 2 aliphatic heterocycles. The summed E-state index contributed by atoms with van der Waals surface area (Å²) in [5.74, 6) is 0.404. The summed E-state index contributed by atoms with van der Waals surface area (Å²) in [5, 5.41) is 4.48. The van der Waals surface area contributed by atoms with Gasteiger partial charge >= 0.3 is 0 Å². The molecule has 1 amide bonds. The molecule has 1 aromatic rings. The van der Waals surface area contributed by atoms with Gasteiger partial charge in [0.25, 0.3) is 5.56 Å². The smallest absolute Gasteiger partial charge is 0.267 e. The minimum Gasteiger partial charge on any atom is -0.339 e. The van der Waals surface area contributed by atoms with Crippen LogP contribution in [-0.2, 0) is 34.0 Å². The zero-order chi connectivity index (χ0) is 19.7. The highest BCUT2D eigenvalue weighted by Crippen LogP contribution is 2.20. The largest absolute Gasteiger partial charge is 0.339 e. The van der Waals surface area contributed by atoms with E-state index in [1.54, 1.807) is 11.0 Å². The van der Waals surface area contributed by atoms with Crippen LogP contribution in [0.15, 0.2) is 10.9 Å². The van der Waals surface area contributed by atoms with E-state index in [0.717, 1.165) is 43.4 Å².